The Hall–Kier alpha value is -2.54. The Kier molecular flexibility index (Phi) is 4.19. The van der Waals surface area contributed by atoms with Gasteiger partial charge in [0.1, 0.15) is 17.9 Å². The summed E-state index contributed by atoms with van der Waals surface area (Å²) in [6.07, 6.45) is -3.81. The molecule has 4 nitrogen and oxygen atoms in total. The lowest BCUT2D eigenvalue weighted by atomic mass is 10.2. The molecule has 24 heavy (non-hydrogen) atoms. The van der Waals surface area contributed by atoms with Gasteiger partial charge in [0.15, 0.2) is 0 Å². The predicted molar refractivity (Wildman–Crippen MR) is 81.1 cm³/mol. The third-order valence-electron chi connectivity index (χ3n) is 3.21. The molecular weight excluding hydrogens is 347 g/mol. The molecule has 0 amide bonds. The Morgan fingerprint density at radius 1 is 1.17 bits per heavy atom. The number of nitrogens with zero attached hydrogens (tertiary/aromatic N) is 1. The van der Waals surface area contributed by atoms with Crippen LogP contribution in [0, 0.1) is 0 Å². The molecule has 0 spiro atoms. The first kappa shape index (κ1) is 16.3. The fraction of sp³-hybridized carbons (Fsp3) is 0.125. The average molecular weight is 356 g/mol. The monoisotopic (exact) mass is 355 g/mol. The summed E-state index contributed by atoms with van der Waals surface area (Å²) in [6, 6.07) is 8.55. The van der Waals surface area contributed by atoms with Crippen molar-refractivity contribution >= 4 is 22.6 Å². The van der Waals surface area contributed by atoms with Crippen LogP contribution in [0.4, 0.5) is 13.2 Å². The van der Waals surface area contributed by atoms with Crippen molar-refractivity contribution in [2.24, 2.45) is 0 Å². The van der Waals surface area contributed by atoms with E-state index in [0.717, 1.165) is 6.07 Å². The van der Waals surface area contributed by atoms with Gasteiger partial charge in [0.25, 0.3) is 0 Å². The zero-order valence-corrected chi connectivity index (χ0v) is 12.7. The molecule has 0 aliphatic rings. The van der Waals surface area contributed by atoms with Gasteiger partial charge < -0.3 is 9.15 Å². The average Bonchev–Trinajstić information content (AvgIpc) is 2.52. The first-order valence-corrected chi connectivity index (χ1v) is 7.09. The summed E-state index contributed by atoms with van der Waals surface area (Å²) in [5.41, 5.74) is -0.915. The van der Waals surface area contributed by atoms with Crippen LogP contribution in [0.1, 0.15) is 11.3 Å². The van der Waals surface area contributed by atoms with Crippen molar-refractivity contribution in [3.8, 4) is 5.75 Å². The number of fused-ring (bicyclic) bond motifs is 1. The quantitative estimate of drug-likeness (QED) is 0.652. The van der Waals surface area contributed by atoms with Crippen LogP contribution >= 0.6 is 11.6 Å². The van der Waals surface area contributed by atoms with Crippen molar-refractivity contribution < 1.29 is 22.3 Å². The van der Waals surface area contributed by atoms with E-state index in [1.165, 1.54) is 12.1 Å². The highest BCUT2D eigenvalue weighted by Gasteiger charge is 2.31. The molecule has 0 fully saturated rings. The highest BCUT2D eigenvalue weighted by molar-refractivity contribution is 6.31. The molecule has 0 aliphatic heterocycles. The first-order valence-electron chi connectivity index (χ1n) is 6.71. The Bertz CT molecular complexity index is 953. The standard InChI is InChI=1S/C16H9ClF3NO3/c17-12-5-10(16(18,19)20)7-21-13(12)8-23-11-3-1-9-2-4-15(22)24-14(9)6-11/h1-7H,8H2. The summed E-state index contributed by atoms with van der Waals surface area (Å²) >= 11 is 5.82. The highest BCUT2D eigenvalue weighted by Crippen LogP contribution is 2.31. The number of rotatable bonds is 3. The van der Waals surface area contributed by atoms with E-state index in [4.69, 9.17) is 20.8 Å². The van der Waals surface area contributed by atoms with E-state index in [9.17, 15) is 18.0 Å². The molecule has 2 heterocycles. The van der Waals surface area contributed by atoms with Crippen LogP contribution in [-0.2, 0) is 12.8 Å². The highest BCUT2D eigenvalue weighted by atomic mass is 35.5. The molecule has 1 aromatic carbocycles. The van der Waals surface area contributed by atoms with Gasteiger partial charge in [-0.2, -0.15) is 13.2 Å². The maximum Gasteiger partial charge on any atom is 0.417 e. The summed E-state index contributed by atoms with van der Waals surface area (Å²) in [4.78, 5) is 14.9. The van der Waals surface area contributed by atoms with Crippen LogP contribution in [0.2, 0.25) is 5.02 Å². The van der Waals surface area contributed by atoms with E-state index in [2.05, 4.69) is 4.98 Å². The van der Waals surface area contributed by atoms with Crippen molar-refractivity contribution in [2.75, 3.05) is 0 Å². The number of benzene rings is 1. The second kappa shape index (κ2) is 6.16. The number of ether oxygens (including phenoxy) is 1. The lowest BCUT2D eigenvalue weighted by Crippen LogP contribution is -2.07. The summed E-state index contributed by atoms with van der Waals surface area (Å²) in [5, 5.41) is 0.574. The van der Waals surface area contributed by atoms with E-state index in [-0.39, 0.29) is 17.3 Å². The number of pyridine rings is 1. The maximum atomic E-state index is 12.6. The Morgan fingerprint density at radius 2 is 1.92 bits per heavy atom. The smallest absolute Gasteiger partial charge is 0.417 e. The fourth-order valence-corrected chi connectivity index (χ4v) is 2.23. The van der Waals surface area contributed by atoms with E-state index in [1.807, 2.05) is 0 Å². The van der Waals surface area contributed by atoms with Crippen LogP contribution in [0.25, 0.3) is 11.0 Å². The van der Waals surface area contributed by atoms with Crippen LogP contribution in [0.3, 0.4) is 0 Å². The molecule has 0 saturated carbocycles. The van der Waals surface area contributed by atoms with Gasteiger partial charge in [-0.25, -0.2) is 4.79 Å². The fourth-order valence-electron chi connectivity index (χ4n) is 2.01. The van der Waals surface area contributed by atoms with Gasteiger partial charge in [0.2, 0.25) is 0 Å². The molecule has 0 bridgehead atoms. The van der Waals surface area contributed by atoms with Crippen LogP contribution in [0.15, 0.2) is 51.8 Å². The van der Waals surface area contributed by atoms with E-state index < -0.39 is 17.4 Å². The Balaban J connectivity index is 1.79. The summed E-state index contributed by atoms with van der Waals surface area (Å²) in [7, 11) is 0. The molecule has 2 aromatic heterocycles. The second-order valence-electron chi connectivity index (χ2n) is 4.89. The third kappa shape index (κ3) is 3.51. The van der Waals surface area contributed by atoms with Gasteiger partial charge in [-0.05, 0) is 24.3 Å². The summed E-state index contributed by atoms with van der Waals surface area (Å²) < 4.78 is 48.2. The normalized spacial score (nSPS) is 11.7. The van der Waals surface area contributed by atoms with Gasteiger partial charge in [0.05, 0.1) is 16.3 Å². The lowest BCUT2D eigenvalue weighted by Gasteiger charge is -2.10. The molecule has 0 aliphatic carbocycles. The third-order valence-corrected chi connectivity index (χ3v) is 3.54. The number of aromatic nitrogens is 1. The minimum Gasteiger partial charge on any atom is -0.487 e. The van der Waals surface area contributed by atoms with Crippen molar-refractivity contribution in [1.29, 1.82) is 0 Å². The summed E-state index contributed by atoms with van der Waals surface area (Å²) in [6.45, 7) is -0.125. The predicted octanol–water partition coefficient (Wildman–Crippen LogP) is 4.44. The largest absolute Gasteiger partial charge is 0.487 e. The van der Waals surface area contributed by atoms with Crippen molar-refractivity contribution in [3.05, 3.63) is 69.3 Å². The molecular formula is C16H9ClF3NO3. The van der Waals surface area contributed by atoms with Gasteiger partial charge >= 0.3 is 11.8 Å². The van der Waals surface area contributed by atoms with E-state index in [1.54, 1.807) is 18.2 Å². The first-order chi connectivity index (χ1) is 11.3. The Labute approximate surface area is 138 Å². The van der Waals surface area contributed by atoms with Crippen LogP contribution in [0.5, 0.6) is 5.75 Å². The molecule has 0 N–H and O–H groups in total. The molecule has 3 aromatic rings. The maximum absolute atomic E-state index is 12.6. The molecule has 124 valence electrons. The van der Waals surface area contributed by atoms with Gasteiger partial charge in [-0.15, -0.1) is 0 Å². The number of hydrogen-bond acceptors (Lipinski definition) is 4. The molecule has 0 radical (unpaired) electrons. The molecule has 0 atom stereocenters. The Morgan fingerprint density at radius 3 is 2.62 bits per heavy atom. The van der Waals surface area contributed by atoms with Crippen LogP contribution < -0.4 is 10.4 Å². The zero-order chi connectivity index (χ0) is 17.3. The minimum atomic E-state index is -4.51. The molecule has 3 rings (SSSR count). The summed E-state index contributed by atoms with van der Waals surface area (Å²) in [5.74, 6) is 0.370. The van der Waals surface area contributed by atoms with Crippen molar-refractivity contribution in [1.82, 2.24) is 4.98 Å². The number of alkyl halides is 3. The van der Waals surface area contributed by atoms with Gasteiger partial charge in [-0.3, -0.25) is 4.98 Å². The van der Waals surface area contributed by atoms with Gasteiger partial charge in [0, 0.05) is 23.7 Å². The molecule has 0 saturated heterocycles. The van der Waals surface area contributed by atoms with Crippen molar-refractivity contribution in [2.45, 2.75) is 12.8 Å². The molecule has 0 unspecified atom stereocenters. The topological polar surface area (TPSA) is 52.3 Å². The number of halogens is 4. The van der Waals surface area contributed by atoms with Crippen molar-refractivity contribution in [3.63, 3.8) is 0 Å². The molecule has 8 heteroatoms. The number of hydrogen-bond donors (Lipinski definition) is 0. The zero-order valence-electron chi connectivity index (χ0n) is 11.9. The SMILES string of the molecule is O=c1ccc2ccc(OCc3ncc(C(F)(F)F)cc3Cl)cc2o1. The van der Waals surface area contributed by atoms with Crippen LogP contribution in [-0.4, -0.2) is 4.98 Å². The van der Waals surface area contributed by atoms with Gasteiger partial charge in [-0.1, -0.05) is 11.6 Å². The minimum absolute atomic E-state index is 0.125. The lowest BCUT2D eigenvalue weighted by molar-refractivity contribution is -0.137. The van der Waals surface area contributed by atoms with E-state index in [0.29, 0.717) is 22.9 Å². The second-order valence-corrected chi connectivity index (χ2v) is 5.30. The van der Waals surface area contributed by atoms with E-state index >= 15 is 0 Å².